The largest absolute Gasteiger partial charge is 0.508 e. The predicted octanol–water partition coefficient (Wildman–Crippen LogP) is 4.04. The standard InChI is InChI=1S/C20H17N6O2S/c1-11-9-18(26-25-11)23-19-16-8-5-14(28)10-17(16)22-20(24-19)29-15-6-3-13(4-7-15)21-12(2)27/h3-10,28H,1-2H3,(H,21,27)(H,25,26). The fourth-order valence-electron chi connectivity index (χ4n) is 2.71. The zero-order chi connectivity index (χ0) is 20.4. The average molecular weight is 405 g/mol. The lowest BCUT2D eigenvalue weighted by molar-refractivity contribution is -0.114. The van der Waals surface area contributed by atoms with Crippen molar-refractivity contribution in [3.63, 3.8) is 0 Å². The monoisotopic (exact) mass is 405 g/mol. The number of benzene rings is 2. The first kappa shape index (κ1) is 18.8. The Hall–Kier alpha value is -3.59. The van der Waals surface area contributed by atoms with Crippen LogP contribution >= 0.6 is 11.8 Å². The molecule has 4 aromatic rings. The molecular formula is C20H17N6O2S. The van der Waals surface area contributed by atoms with Gasteiger partial charge in [-0.3, -0.25) is 9.89 Å². The normalized spacial score (nSPS) is 10.8. The van der Waals surface area contributed by atoms with Crippen LogP contribution in [0.1, 0.15) is 12.6 Å². The van der Waals surface area contributed by atoms with Gasteiger partial charge in [0.15, 0.2) is 16.8 Å². The Morgan fingerprint density at radius 1 is 1.14 bits per heavy atom. The first-order chi connectivity index (χ1) is 14.0. The fraction of sp³-hybridized carbons (Fsp3) is 0.100. The average Bonchev–Trinajstić information content (AvgIpc) is 3.07. The number of carbonyl (C=O) groups excluding carboxylic acids is 1. The van der Waals surface area contributed by atoms with Gasteiger partial charge < -0.3 is 10.4 Å². The first-order valence-electron chi connectivity index (χ1n) is 8.76. The van der Waals surface area contributed by atoms with Crippen LogP contribution in [0, 0.1) is 6.92 Å². The lowest BCUT2D eigenvalue weighted by Gasteiger charge is -2.08. The van der Waals surface area contributed by atoms with Gasteiger partial charge in [-0.25, -0.2) is 15.3 Å². The van der Waals surface area contributed by atoms with Crippen molar-refractivity contribution in [3.05, 3.63) is 54.2 Å². The quantitative estimate of drug-likeness (QED) is 0.431. The number of rotatable bonds is 5. The van der Waals surface area contributed by atoms with Crippen LogP contribution in [0.5, 0.6) is 5.75 Å². The number of anilines is 1. The van der Waals surface area contributed by atoms with E-state index in [1.54, 1.807) is 18.2 Å². The summed E-state index contributed by atoms with van der Waals surface area (Å²) < 4.78 is 0. The Labute approximate surface area is 170 Å². The van der Waals surface area contributed by atoms with Crippen LogP contribution in [0.2, 0.25) is 0 Å². The molecule has 0 saturated heterocycles. The van der Waals surface area contributed by atoms with E-state index in [1.807, 2.05) is 37.3 Å². The molecule has 3 N–H and O–H groups in total. The fourth-order valence-corrected chi connectivity index (χ4v) is 3.46. The summed E-state index contributed by atoms with van der Waals surface area (Å²) in [6, 6.07) is 14.1. The van der Waals surface area contributed by atoms with Crippen LogP contribution in [0.3, 0.4) is 0 Å². The molecule has 0 atom stereocenters. The molecule has 1 radical (unpaired) electrons. The smallest absolute Gasteiger partial charge is 0.221 e. The van der Waals surface area contributed by atoms with Gasteiger partial charge in [0.1, 0.15) is 5.75 Å². The zero-order valence-corrected chi connectivity index (χ0v) is 16.5. The van der Waals surface area contributed by atoms with Gasteiger partial charge in [-0.2, -0.15) is 5.10 Å². The van der Waals surface area contributed by atoms with Gasteiger partial charge in [0, 0.05) is 35.0 Å². The molecule has 2 aromatic carbocycles. The van der Waals surface area contributed by atoms with E-state index in [-0.39, 0.29) is 11.7 Å². The van der Waals surface area contributed by atoms with Gasteiger partial charge in [0.05, 0.1) is 11.2 Å². The number of aromatic nitrogens is 4. The molecule has 0 saturated carbocycles. The number of phenolic OH excluding ortho intramolecular Hbond substituents is 1. The summed E-state index contributed by atoms with van der Waals surface area (Å²) in [5.41, 5.74) is 2.14. The highest BCUT2D eigenvalue weighted by Crippen LogP contribution is 2.32. The molecule has 4 rings (SSSR count). The van der Waals surface area contributed by atoms with Gasteiger partial charge in [0.25, 0.3) is 0 Å². The van der Waals surface area contributed by atoms with E-state index in [2.05, 4.69) is 30.8 Å². The van der Waals surface area contributed by atoms with Gasteiger partial charge in [-0.05, 0) is 55.1 Å². The minimum atomic E-state index is -0.122. The second-order valence-electron chi connectivity index (χ2n) is 6.35. The number of nitrogens with one attached hydrogen (secondary N) is 2. The molecular weight excluding hydrogens is 388 g/mol. The number of aromatic amines is 1. The van der Waals surface area contributed by atoms with Gasteiger partial charge >= 0.3 is 0 Å². The third-order valence-corrected chi connectivity index (χ3v) is 4.82. The molecule has 0 bridgehead atoms. The number of carbonyl (C=O) groups is 1. The van der Waals surface area contributed by atoms with Crippen LogP contribution in [0.25, 0.3) is 10.9 Å². The highest BCUT2D eigenvalue weighted by molar-refractivity contribution is 7.99. The Kier molecular flexibility index (Phi) is 5.05. The Morgan fingerprint density at radius 3 is 2.62 bits per heavy atom. The van der Waals surface area contributed by atoms with Crippen LogP contribution in [-0.2, 0) is 4.79 Å². The number of aryl methyl sites for hydroxylation is 1. The highest BCUT2D eigenvalue weighted by Gasteiger charge is 2.13. The third kappa shape index (κ3) is 4.46. The van der Waals surface area contributed by atoms with Crippen LogP contribution in [0.15, 0.2) is 58.6 Å². The number of hydrogen-bond donors (Lipinski definition) is 3. The molecule has 0 aliphatic heterocycles. The lowest BCUT2D eigenvalue weighted by atomic mass is 10.2. The summed E-state index contributed by atoms with van der Waals surface area (Å²) in [5, 5.41) is 25.3. The van der Waals surface area contributed by atoms with Crippen molar-refractivity contribution in [1.82, 2.24) is 25.5 Å². The molecule has 0 fully saturated rings. The minimum Gasteiger partial charge on any atom is -0.508 e. The van der Waals surface area contributed by atoms with Gasteiger partial charge in [-0.15, -0.1) is 0 Å². The van der Waals surface area contributed by atoms with Crippen LogP contribution in [-0.4, -0.2) is 31.2 Å². The molecule has 0 spiro atoms. The number of H-pyrrole nitrogens is 1. The zero-order valence-electron chi connectivity index (χ0n) is 15.7. The van der Waals surface area contributed by atoms with Crippen molar-refractivity contribution in [2.45, 2.75) is 23.9 Å². The number of aromatic hydroxyl groups is 1. The molecule has 2 heterocycles. The van der Waals surface area contributed by atoms with Crippen molar-refractivity contribution in [1.29, 1.82) is 0 Å². The summed E-state index contributed by atoms with van der Waals surface area (Å²) >= 11 is 1.36. The number of phenols is 1. The second-order valence-corrected chi connectivity index (χ2v) is 7.39. The van der Waals surface area contributed by atoms with Crippen molar-refractivity contribution >= 4 is 45.9 Å². The molecule has 0 aliphatic rings. The van der Waals surface area contributed by atoms with Gasteiger partial charge in [-0.1, -0.05) is 0 Å². The number of fused-ring (bicyclic) bond motifs is 1. The maximum atomic E-state index is 11.2. The van der Waals surface area contributed by atoms with E-state index >= 15 is 0 Å². The highest BCUT2D eigenvalue weighted by atomic mass is 32.2. The summed E-state index contributed by atoms with van der Waals surface area (Å²) in [5.74, 6) is 1.07. The van der Waals surface area contributed by atoms with Crippen LogP contribution < -0.4 is 10.6 Å². The van der Waals surface area contributed by atoms with Crippen molar-refractivity contribution in [3.8, 4) is 5.75 Å². The summed E-state index contributed by atoms with van der Waals surface area (Å²) in [6.45, 7) is 3.34. The van der Waals surface area contributed by atoms with Crippen molar-refractivity contribution < 1.29 is 9.90 Å². The number of nitrogens with zero attached hydrogens (tertiary/aromatic N) is 4. The van der Waals surface area contributed by atoms with Crippen molar-refractivity contribution in [2.24, 2.45) is 0 Å². The Bertz CT molecular complexity index is 1190. The van der Waals surface area contributed by atoms with E-state index in [9.17, 15) is 9.90 Å². The minimum absolute atomic E-state index is 0.121. The van der Waals surface area contributed by atoms with Crippen LogP contribution in [0.4, 0.5) is 17.3 Å². The summed E-state index contributed by atoms with van der Waals surface area (Å²) in [4.78, 5) is 21.2. The summed E-state index contributed by atoms with van der Waals surface area (Å²) in [6.07, 6.45) is 0. The molecule has 2 aromatic heterocycles. The Balaban J connectivity index is 1.67. The molecule has 0 unspecified atom stereocenters. The van der Waals surface area contributed by atoms with Gasteiger partial charge in [0.2, 0.25) is 5.91 Å². The molecule has 0 aliphatic carbocycles. The topological polar surface area (TPSA) is 118 Å². The Morgan fingerprint density at radius 2 is 1.93 bits per heavy atom. The lowest BCUT2D eigenvalue weighted by Crippen LogP contribution is -2.05. The molecule has 9 heteroatoms. The summed E-state index contributed by atoms with van der Waals surface area (Å²) in [7, 11) is 0. The first-order valence-corrected chi connectivity index (χ1v) is 9.58. The molecule has 145 valence electrons. The SMILES string of the molecule is CC(=O)Nc1ccc(Sc2nc([N]c3cc(C)n[nH]3)c3ccc(O)cc3n2)cc1. The van der Waals surface area contributed by atoms with E-state index in [1.165, 1.54) is 18.7 Å². The second kappa shape index (κ2) is 7.80. The molecule has 29 heavy (non-hydrogen) atoms. The number of hydrogen-bond acceptors (Lipinski definition) is 6. The van der Waals surface area contributed by atoms with Crippen molar-refractivity contribution in [2.75, 3.05) is 5.32 Å². The number of amides is 1. The molecule has 8 nitrogen and oxygen atoms in total. The predicted molar refractivity (Wildman–Crippen MR) is 111 cm³/mol. The van der Waals surface area contributed by atoms with E-state index in [4.69, 9.17) is 0 Å². The van der Waals surface area contributed by atoms with E-state index < -0.39 is 0 Å². The molecule has 1 amide bonds. The maximum Gasteiger partial charge on any atom is 0.221 e. The third-order valence-electron chi connectivity index (χ3n) is 3.94. The van der Waals surface area contributed by atoms with E-state index in [0.717, 1.165) is 21.7 Å². The van der Waals surface area contributed by atoms with E-state index in [0.29, 0.717) is 22.3 Å². The maximum absolute atomic E-state index is 11.2.